The quantitative estimate of drug-likeness (QED) is 0.704. The minimum absolute atomic E-state index is 0.00241. The Morgan fingerprint density at radius 1 is 1.15 bits per heavy atom. The molecular formula is C12H10N2O5S. The molecule has 4 rings (SSSR count). The number of aromatic carboxylic acids is 2. The average molecular weight is 294 g/mol. The van der Waals surface area contributed by atoms with E-state index in [9.17, 15) is 14.4 Å². The Hall–Kier alpha value is -2.32. The normalized spacial score (nSPS) is 14.9. The first-order valence-electron chi connectivity index (χ1n) is 5.44. The number of carbonyl (C=O) groups is 3. The number of carboxylic acid groups (broad SMARTS) is 2. The summed E-state index contributed by atoms with van der Waals surface area (Å²) in [5.41, 5.74) is 0.618. The molecule has 1 aromatic rings. The molecule has 2 bridgehead atoms. The van der Waals surface area contributed by atoms with Gasteiger partial charge in [-0.05, 0) is 42.6 Å². The van der Waals surface area contributed by atoms with Crippen molar-refractivity contribution >= 4 is 29.8 Å². The molecule has 0 saturated carbocycles. The van der Waals surface area contributed by atoms with Gasteiger partial charge in [0.15, 0.2) is 0 Å². The van der Waals surface area contributed by atoms with Gasteiger partial charge < -0.3 is 10.2 Å². The van der Waals surface area contributed by atoms with Crippen LogP contribution in [0.25, 0.3) is 0 Å². The van der Waals surface area contributed by atoms with Crippen molar-refractivity contribution in [3.05, 3.63) is 46.0 Å². The van der Waals surface area contributed by atoms with Crippen molar-refractivity contribution in [1.29, 1.82) is 0 Å². The Balaban J connectivity index is 0.000000173. The maximum atomic E-state index is 10.5. The van der Waals surface area contributed by atoms with Crippen molar-refractivity contribution in [3.63, 3.8) is 0 Å². The first-order valence-corrected chi connectivity index (χ1v) is 6.26. The van der Waals surface area contributed by atoms with E-state index in [2.05, 4.69) is 4.83 Å². The second-order valence-corrected chi connectivity index (χ2v) is 4.89. The van der Waals surface area contributed by atoms with Crippen LogP contribution in [0.5, 0.6) is 0 Å². The van der Waals surface area contributed by atoms with Crippen molar-refractivity contribution in [3.8, 4) is 0 Å². The third kappa shape index (κ3) is 2.81. The zero-order chi connectivity index (χ0) is 14.9. The van der Waals surface area contributed by atoms with Crippen LogP contribution in [0, 0.1) is 6.92 Å². The highest BCUT2D eigenvalue weighted by atomic mass is 32.2. The molecule has 1 amide bonds. The lowest BCUT2D eigenvalue weighted by atomic mass is 10.1. The number of nitrogens with one attached hydrogen (secondary N) is 1. The number of amides is 1. The molecule has 3 heterocycles. The molecular weight excluding hydrogens is 284 g/mol. The van der Waals surface area contributed by atoms with Crippen molar-refractivity contribution in [2.45, 2.75) is 6.92 Å². The van der Waals surface area contributed by atoms with Gasteiger partial charge in [0, 0.05) is 6.20 Å². The van der Waals surface area contributed by atoms with E-state index in [0.29, 0.717) is 5.56 Å². The molecule has 0 aromatic heterocycles. The highest BCUT2D eigenvalue weighted by molar-refractivity contribution is 8.02. The fourth-order valence-corrected chi connectivity index (χ4v) is 2.23. The number of carbonyl (C=O) groups excluding carboxylic acids is 1. The predicted molar refractivity (Wildman–Crippen MR) is 70.8 cm³/mol. The molecule has 0 spiro atoms. The van der Waals surface area contributed by atoms with Crippen LogP contribution in [0.3, 0.4) is 0 Å². The molecule has 0 radical (unpaired) electrons. The maximum absolute atomic E-state index is 10.5. The van der Waals surface area contributed by atoms with E-state index in [1.165, 1.54) is 29.1 Å². The van der Waals surface area contributed by atoms with Crippen LogP contribution >= 0.6 is 11.9 Å². The number of fused-ring (bicyclic) bond motifs is 1. The van der Waals surface area contributed by atoms with E-state index in [4.69, 9.17) is 10.2 Å². The molecule has 0 aliphatic carbocycles. The van der Waals surface area contributed by atoms with Gasteiger partial charge in [-0.25, -0.2) is 14.6 Å². The van der Waals surface area contributed by atoms with Crippen LogP contribution in [0.2, 0.25) is 0 Å². The molecule has 3 N–H and O–H groups in total. The zero-order valence-corrected chi connectivity index (χ0v) is 11.1. The lowest BCUT2D eigenvalue weighted by Gasteiger charge is -2.11. The summed E-state index contributed by atoms with van der Waals surface area (Å²) in [6, 6.07) is 3.99. The molecule has 0 atom stereocenters. The Labute approximate surface area is 118 Å². The van der Waals surface area contributed by atoms with Crippen LogP contribution in [0.4, 0.5) is 0 Å². The SMILES string of the molecule is Cc1cc(C(=O)O)cc(C(=O)O)c1.O=C1C2=CN1NS2. The first kappa shape index (κ1) is 14.1. The molecule has 7 nitrogen and oxygen atoms in total. The molecule has 0 unspecified atom stereocenters. The molecule has 1 aromatic carbocycles. The number of hydrogen-bond donors (Lipinski definition) is 3. The number of carboxylic acids is 2. The number of hydrazine groups is 1. The van der Waals surface area contributed by atoms with E-state index < -0.39 is 11.9 Å². The maximum Gasteiger partial charge on any atom is 0.335 e. The number of rotatable bonds is 2. The van der Waals surface area contributed by atoms with E-state index >= 15 is 0 Å². The monoisotopic (exact) mass is 294 g/mol. The Morgan fingerprint density at radius 2 is 1.70 bits per heavy atom. The fraction of sp³-hybridized carbons (Fsp3) is 0.0833. The summed E-state index contributed by atoms with van der Waals surface area (Å²) in [4.78, 5) is 35.0. The minimum atomic E-state index is -1.12. The smallest absolute Gasteiger partial charge is 0.335 e. The van der Waals surface area contributed by atoms with Crippen molar-refractivity contribution in [1.82, 2.24) is 9.84 Å². The van der Waals surface area contributed by atoms with Crippen LogP contribution in [-0.2, 0) is 4.79 Å². The number of nitrogens with zero attached hydrogens (tertiary/aromatic N) is 1. The van der Waals surface area contributed by atoms with Gasteiger partial charge in [-0.1, -0.05) is 0 Å². The summed E-state index contributed by atoms with van der Waals surface area (Å²) in [7, 11) is 0. The third-order valence-corrected chi connectivity index (χ3v) is 3.29. The van der Waals surface area contributed by atoms with Crippen molar-refractivity contribution in [2.75, 3.05) is 0 Å². The van der Waals surface area contributed by atoms with Gasteiger partial charge in [-0.15, -0.1) is 0 Å². The topological polar surface area (TPSA) is 107 Å². The van der Waals surface area contributed by atoms with E-state index in [1.54, 1.807) is 13.1 Å². The highest BCUT2D eigenvalue weighted by Crippen LogP contribution is 2.31. The third-order valence-electron chi connectivity index (χ3n) is 2.50. The van der Waals surface area contributed by atoms with E-state index in [0.717, 1.165) is 11.0 Å². The molecule has 3 aliphatic rings. The van der Waals surface area contributed by atoms with Crippen LogP contribution < -0.4 is 4.83 Å². The van der Waals surface area contributed by atoms with Gasteiger partial charge in [0.05, 0.1) is 11.1 Å². The van der Waals surface area contributed by atoms with Gasteiger partial charge in [0.25, 0.3) is 5.91 Å². The fourth-order valence-electron chi connectivity index (χ4n) is 1.55. The van der Waals surface area contributed by atoms with Gasteiger partial charge >= 0.3 is 11.9 Å². The van der Waals surface area contributed by atoms with Gasteiger partial charge in [-0.3, -0.25) is 4.79 Å². The standard InChI is InChI=1S/C9H8O4.C3H2N2OS/c1-5-2-6(8(10)11)4-7(3-5)9(12)13;6-3-2-1-5(3)4-7-2/h2-4H,1H3,(H,10,11)(H,12,13);1,4H. The lowest BCUT2D eigenvalue weighted by Crippen LogP contribution is -2.32. The van der Waals surface area contributed by atoms with Crippen LogP contribution in [0.15, 0.2) is 29.3 Å². The van der Waals surface area contributed by atoms with Gasteiger partial charge in [0.2, 0.25) is 0 Å². The Bertz CT molecular complexity index is 608. The number of hydrogen-bond acceptors (Lipinski definition) is 5. The number of benzene rings is 1. The molecule has 20 heavy (non-hydrogen) atoms. The van der Waals surface area contributed by atoms with Crippen LogP contribution in [-0.4, -0.2) is 33.1 Å². The molecule has 8 heteroatoms. The summed E-state index contributed by atoms with van der Waals surface area (Å²) in [5, 5.41) is 18.7. The summed E-state index contributed by atoms with van der Waals surface area (Å²) < 4.78 is 0. The van der Waals surface area contributed by atoms with E-state index in [1.807, 2.05) is 0 Å². The Kier molecular flexibility index (Phi) is 3.77. The molecule has 1 fully saturated rings. The number of aryl methyl sites for hydroxylation is 1. The van der Waals surface area contributed by atoms with Gasteiger partial charge in [0.1, 0.15) is 4.91 Å². The van der Waals surface area contributed by atoms with E-state index in [-0.39, 0.29) is 17.0 Å². The molecule has 104 valence electrons. The van der Waals surface area contributed by atoms with Crippen LogP contribution in [0.1, 0.15) is 26.3 Å². The zero-order valence-electron chi connectivity index (χ0n) is 10.3. The minimum Gasteiger partial charge on any atom is -0.478 e. The summed E-state index contributed by atoms with van der Waals surface area (Å²) in [5.74, 6) is -2.14. The van der Waals surface area contributed by atoms with Gasteiger partial charge in [-0.2, -0.15) is 4.83 Å². The van der Waals surface area contributed by atoms with Crippen molar-refractivity contribution < 1.29 is 24.6 Å². The summed E-state index contributed by atoms with van der Waals surface area (Å²) >= 11 is 1.37. The largest absolute Gasteiger partial charge is 0.478 e. The second kappa shape index (κ2) is 5.35. The average Bonchev–Trinajstić information content (AvgIpc) is 3.01. The molecule has 3 aliphatic heterocycles. The lowest BCUT2D eigenvalue weighted by molar-refractivity contribution is -0.126. The highest BCUT2D eigenvalue weighted by Gasteiger charge is 2.35. The summed E-state index contributed by atoms with van der Waals surface area (Å²) in [6.07, 6.45) is 1.77. The second-order valence-electron chi connectivity index (χ2n) is 4.06. The summed E-state index contributed by atoms with van der Waals surface area (Å²) in [6.45, 7) is 1.65. The van der Waals surface area contributed by atoms with Crippen molar-refractivity contribution in [2.24, 2.45) is 0 Å². The molecule has 1 saturated heterocycles. The first-order chi connectivity index (χ1) is 9.38. The Morgan fingerprint density at radius 3 is 1.95 bits per heavy atom. The predicted octanol–water partition coefficient (Wildman–Crippen LogP) is 1.23.